The zero-order valence-electron chi connectivity index (χ0n) is 12.2. The number of anilines is 1. The van der Waals surface area contributed by atoms with Crippen LogP contribution < -0.4 is 10.6 Å². The molecule has 0 bridgehead atoms. The maximum atomic E-state index is 12.0. The molecule has 1 amide bonds. The summed E-state index contributed by atoms with van der Waals surface area (Å²) in [4.78, 5) is 12.0. The molecule has 0 heterocycles. The highest BCUT2D eigenvalue weighted by atomic mass is 79.9. The van der Waals surface area contributed by atoms with Crippen molar-refractivity contribution in [2.75, 3.05) is 11.9 Å². The van der Waals surface area contributed by atoms with Gasteiger partial charge in [-0.25, -0.2) is 0 Å². The van der Waals surface area contributed by atoms with Crippen LogP contribution in [0.1, 0.15) is 24.1 Å². The van der Waals surface area contributed by atoms with E-state index in [2.05, 4.69) is 26.6 Å². The average Bonchev–Trinajstić information content (AvgIpc) is 2.49. The Morgan fingerprint density at radius 2 is 1.90 bits per heavy atom. The van der Waals surface area contributed by atoms with Gasteiger partial charge in [0.25, 0.3) is 0 Å². The standard InChI is InChI=1S/C17H19BrN2O/c1-12-10-15(8-9-16(12)18)19-11-17(21)20-13(2)14-6-4-3-5-7-14/h3-10,13,19H,11H2,1-2H3,(H,20,21)/t13-/m0/s1. The van der Waals surface area contributed by atoms with Gasteiger partial charge >= 0.3 is 0 Å². The van der Waals surface area contributed by atoms with Gasteiger partial charge in [-0.05, 0) is 43.2 Å². The summed E-state index contributed by atoms with van der Waals surface area (Å²) >= 11 is 3.46. The molecule has 4 heteroatoms. The summed E-state index contributed by atoms with van der Waals surface area (Å²) in [6.45, 7) is 4.27. The van der Waals surface area contributed by atoms with Crippen molar-refractivity contribution in [2.45, 2.75) is 19.9 Å². The van der Waals surface area contributed by atoms with Crippen LogP contribution in [0, 0.1) is 6.92 Å². The first-order chi connectivity index (χ1) is 10.1. The number of rotatable bonds is 5. The van der Waals surface area contributed by atoms with E-state index in [1.165, 1.54) is 0 Å². The summed E-state index contributed by atoms with van der Waals surface area (Å²) in [5.41, 5.74) is 3.18. The summed E-state index contributed by atoms with van der Waals surface area (Å²) in [6.07, 6.45) is 0. The lowest BCUT2D eigenvalue weighted by Gasteiger charge is -2.15. The summed E-state index contributed by atoms with van der Waals surface area (Å²) in [7, 11) is 0. The highest BCUT2D eigenvalue weighted by molar-refractivity contribution is 9.10. The molecule has 0 saturated carbocycles. The van der Waals surface area contributed by atoms with Crippen LogP contribution in [0.4, 0.5) is 5.69 Å². The van der Waals surface area contributed by atoms with Crippen LogP contribution in [-0.2, 0) is 4.79 Å². The zero-order valence-corrected chi connectivity index (χ0v) is 13.8. The smallest absolute Gasteiger partial charge is 0.239 e. The molecule has 1 atom stereocenters. The third-order valence-corrected chi connectivity index (χ3v) is 4.18. The van der Waals surface area contributed by atoms with Gasteiger partial charge in [0.15, 0.2) is 0 Å². The fraction of sp³-hybridized carbons (Fsp3) is 0.235. The van der Waals surface area contributed by atoms with Crippen LogP contribution in [0.3, 0.4) is 0 Å². The fourth-order valence-electron chi connectivity index (χ4n) is 2.05. The SMILES string of the molecule is Cc1cc(NCC(=O)N[C@@H](C)c2ccccc2)ccc1Br. The van der Waals surface area contributed by atoms with Gasteiger partial charge in [-0.3, -0.25) is 4.79 Å². The van der Waals surface area contributed by atoms with Gasteiger partial charge in [0.1, 0.15) is 0 Å². The third kappa shape index (κ3) is 4.60. The second-order valence-electron chi connectivity index (χ2n) is 5.02. The number of halogens is 1. The zero-order chi connectivity index (χ0) is 15.2. The summed E-state index contributed by atoms with van der Waals surface area (Å²) in [5, 5.41) is 6.12. The number of nitrogens with one attached hydrogen (secondary N) is 2. The maximum absolute atomic E-state index is 12.0. The molecule has 2 aromatic carbocycles. The van der Waals surface area contributed by atoms with E-state index in [4.69, 9.17) is 0 Å². The van der Waals surface area contributed by atoms with Gasteiger partial charge in [0.05, 0.1) is 12.6 Å². The molecule has 2 rings (SSSR count). The quantitative estimate of drug-likeness (QED) is 0.857. The molecular formula is C17H19BrN2O. The first-order valence-electron chi connectivity index (χ1n) is 6.90. The second kappa shape index (κ2) is 7.27. The van der Waals surface area contributed by atoms with E-state index in [9.17, 15) is 4.79 Å². The molecule has 0 fully saturated rings. The third-order valence-electron chi connectivity index (χ3n) is 3.29. The summed E-state index contributed by atoms with van der Waals surface area (Å²) < 4.78 is 1.07. The van der Waals surface area contributed by atoms with Gasteiger partial charge in [-0.1, -0.05) is 46.3 Å². The molecule has 21 heavy (non-hydrogen) atoms. The Morgan fingerprint density at radius 3 is 2.57 bits per heavy atom. The van der Waals surface area contributed by atoms with Crippen molar-refractivity contribution in [2.24, 2.45) is 0 Å². The van der Waals surface area contributed by atoms with E-state index < -0.39 is 0 Å². The van der Waals surface area contributed by atoms with E-state index in [1.54, 1.807) is 0 Å². The van der Waals surface area contributed by atoms with Crippen LogP contribution in [0.2, 0.25) is 0 Å². The maximum Gasteiger partial charge on any atom is 0.239 e. The molecule has 0 saturated heterocycles. The number of aryl methyl sites for hydroxylation is 1. The number of amides is 1. The number of carbonyl (C=O) groups is 1. The Kier molecular flexibility index (Phi) is 5.39. The van der Waals surface area contributed by atoms with Crippen LogP contribution in [0.25, 0.3) is 0 Å². The lowest BCUT2D eigenvalue weighted by molar-refractivity contribution is -0.120. The van der Waals surface area contributed by atoms with Crippen LogP contribution in [0.15, 0.2) is 53.0 Å². The Bertz CT molecular complexity index is 613. The van der Waals surface area contributed by atoms with E-state index in [0.29, 0.717) is 0 Å². The van der Waals surface area contributed by atoms with Crippen molar-refractivity contribution in [1.29, 1.82) is 0 Å². The number of hydrogen-bond acceptors (Lipinski definition) is 2. The minimum atomic E-state index is -0.0214. The second-order valence-corrected chi connectivity index (χ2v) is 5.87. The molecule has 0 aliphatic heterocycles. The van der Waals surface area contributed by atoms with Crippen LogP contribution >= 0.6 is 15.9 Å². The highest BCUT2D eigenvalue weighted by Gasteiger charge is 2.08. The molecule has 0 aliphatic rings. The first kappa shape index (κ1) is 15.6. The Labute approximate surface area is 133 Å². The van der Waals surface area contributed by atoms with E-state index in [1.807, 2.05) is 62.4 Å². The molecule has 2 aromatic rings. The number of benzene rings is 2. The lowest BCUT2D eigenvalue weighted by atomic mass is 10.1. The van der Waals surface area contributed by atoms with Gasteiger partial charge < -0.3 is 10.6 Å². The fourth-order valence-corrected chi connectivity index (χ4v) is 2.30. The van der Waals surface area contributed by atoms with E-state index in [0.717, 1.165) is 21.3 Å². The topological polar surface area (TPSA) is 41.1 Å². The Balaban J connectivity index is 1.86. The minimum Gasteiger partial charge on any atom is -0.376 e. The van der Waals surface area contributed by atoms with Crippen LogP contribution in [0.5, 0.6) is 0 Å². The number of carbonyl (C=O) groups excluding carboxylic acids is 1. The van der Waals surface area contributed by atoms with Gasteiger partial charge in [-0.15, -0.1) is 0 Å². The molecule has 0 aliphatic carbocycles. The van der Waals surface area contributed by atoms with E-state index >= 15 is 0 Å². The predicted octanol–water partition coefficient (Wildman–Crippen LogP) is 4.05. The predicted molar refractivity (Wildman–Crippen MR) is 90.4 cm³/mol. The molecule has 2 N–H and O–H groups in total. The molecule has 0 aromatic heterocycles. The van der Waals surface area contributed by atoms with Crippen molar-refractivity contribution in [3.63, 3.8) is 0 Å². The lowest BCUT2D eigenvalue weighted by Crippen LogP contribution is -2.32. The van der Waals surface area contributed by atoms with Crippen molar-refractivity contribution in [3.05, 3.63) is 64.1 Å². The molecule has 0 unspecified atom stereocenters. The van der Waals surface area contributed by atoms with Crippen molar-refractivity contribution < 1.29 is 4.79 Å². The summed E-state index contributed by atoms with van der Waals surface area (Å²) in [5.74, 6) is -0.0214. The van der Waals surface area contributed by atoms with Crippen molar-refractivity contribution in [3.8, 4) is 0 Å². The Hall–Kier alpha value is -1.81. The molecular weight excluding hydrogens is 328 g/mol. The van der Waals surface area contributed by atoms with E-state index in [-0.39, 0.29) is 18.5 Å². The number of hydrogen-bond donors (Lipinski definition) is 2. The monoisotopic (exact) mass is 346 g/mol. The van der Waals surface area contributed by atoms with Gasteiger partial charge in [0, 0.05) is 10.2 Å². The van der Waals surface area contributed by atoms with Gasteiger partial charge in [-0.2, -0.15) is 0 Å². The molecule has 0 spiro atoms. The minimum absolute atomic E-state index is 0.00662. The Morgan fingerprint density at radius 1 is 1.19 bits per heavy atom. The molecule has 3 nitrogen and oxygen atoms in total. The first-order valence-corrected chi connectivity index (χ1v) is 7.70. The molecule has 0 radical (unpaired) electrons. The normalized spacial score (nSPS) is 11.8. The van der Waals surface area contributed by atoms with Crippen molar-refractivity contribution in [1.82, 2.24) is 5.32 Å². The summed E-state index contributed by atoms with van der Waals surface area (Å²) in [6, 6.07) is 15.9. The van der Waals surface area contributed by atoms with Gasteiger partial charge in [0.2, 0.25) is 5.91 Å². The van der Waals surface area contributed by atoms with Crippen LogP contribution in [-0.4, -0.2) is 12.5 Å². The molecule has 110 valence electrons. The highest BCUT2D eigenvalue weighted by Crippen LogP contribution is 2.19. The largest absolute Gasteiger partial charge is 0.376 e. The average molecular weight is 347 g/mol. The van der Waals surface area contributed by atoms with Crippen molar-refractivity contribution >= 4 is 27.5 Å².